The van der Waals surface area contributed by atoms with Crippen LogP contribution in [0.5, 0.6) is 0 Å². The van der Waals surface area contributed by atoms with Crippen LogP contribution >= 0.6 is 69.6 Å². The van der Waals surface area contributed by atoms with Gasteiger partial charge >= 0.3 is 0 Å². The highest BCUT2D eigenvalue weighted by molar-refractivity contribution is 6.49. The van der Waals surface area contributed by atoms with E-state index in [1.165, 1.54) is 36.7 Å². The summed E-state index contributed by atoms with van der Waals surface area (Å²) in [5, 5.41) is 1.26. The molecule has 3 rings (SSSR count). The molecule has 0 saturated heterocycles. The van der Waals surface area contributed by atoms with E-state index in [9.17, 15) is 0 Å². The topological polar surface area (TPSA) is 12.9 Å². The highest BCUT2D eigenvalue weighted by Gasteiger charge is 2.17. The third-order valence-electron chi connectivity index (χ3n) is 3.47. The molecule has 0 bridgehead atoms. The van der Waals surface area contributed by atoms with Gasteiger partial charge in [-0.15, -0.1) is 0 Å². The smallest absolute Gasteiger partial charge is 0.141 e. The highest BCUT2D eigenvalue weighted by Crippen LogP contribution is 2.39. The summed E-state index contributed by atoms with van der Waals surface area (Å²) in [5.41, 5.74) is 1.30. The molecule has 1 aromatic heterocycles. The molecule has 0 unspecified atom stereocenters. The van der Waals surface area contributed by atoms with E-state index in [1.807, 2.05) is 0 Å². The SMILES string of the molecule is Fc1c(-c2cc(Cl)c(Cl)c(Cl)c2)cncc1-c1cc(Cl)c(Cl)c(Cl)c1. The second-order valence-corrected chi connectivity index (χ2v) is 7.44. The fourth-order valence-corrected chi connectivity index (χ4v) is 3.46. The Kier molecular flexibility index (Phi) is 5.69. The zero-order valence-corrected chi connectivity index (χ0v) is 16.6. The van der Waals surface area contributed by atoms with Crippen LogP contribution in [-0.4, -0.2) is 4.98 Å². The Morgan fingerprint density at radius 3 is 1.24 bits per heavy atom. The van der Waals surface area contributed by atoms with Gasteiger partial charge in [0.1, 0.15) is 5.82 Å². The van der Waals surface area contributed by atoms with Crippen molar-refractivity contribution < 1.29 is 4.39 Å². The third-order valence-corrected chi connectivity index (χ3v) is 5.86. The minimum absolute atomic E-state index is 0.202. The third kappa shape index (κ3) is 3.71. The lowest BCUT2D eigenvalue weighted by Gasteiger charge is -2.11. The van der Waals surface area contributed by atoms with E-state index in [4.69, 9.17) is 69.6 Å². The monoisotopic (exact) mass is 453 g/mol. The van der Waals surface area contributed by atoms with E-state index < -0.39 is 5.82 Å². The highest BCUT2D eigenvalue weighted by atomic mass is 35.5. The number of pyridine rings is 1. The molecule has 2 aromatic carbocycles. The Bertz CT molecular complexity index is 867. The number of rotatable bonds is 2. The first-order valence-electron chi connectivity index (χ1n) is 6.73. The summed E-state index contributed by atoms with van der Waals surface area (Å²) in [7, 11) is 0. The van der Waals surface area contributed by atoms with Crippen molar-refractivity contribution in [1.82, 2.24) is 4.98 Å². The molecule has 1 nitrogen and oxygen atoms in total. The number of hydrogen-bond donors (Lipinski definition) is 0. The van der Waals surface area contributed by atoms with Crippen LogP contribution in [0.3, 0.4) is 0 Å². The van der Waals surface area contributed by atoms with Crippen LogP contribution in [0.25, 0.3) is 22.3 Å². The quantitative estimate of drug-likeness (QED) is 0.353. The minimum Gasteiger partial charge on any atom is -0.263 e. The van der Waals surface area contributed by atoms with E-state index in [2.05, 4.69) is 4.98 Å². The van der Waals surface area contributed by atoms with Crippen LogP contribution < -0.4 is 0 Å². The molecule has 128 valence electrons. The standard InChI is InChI=1S/C17H6Cl6FN/c18-11-1-7(2-12(19)15(11)22)9-5-25-6-10(17(9)24)8-3-13(20)16(23)14(21)4-8/h1-6H. The van der Waals surface area contributed by atoms with Gasteiger partial charge in [-0.3, -0.25) is 4.98 Å². The second kappa shape index (κ2) is 7.48. The first-order valence-corrected chi connectivity index (χ1v) is 8.99. The maximum atomic E-state index is 15.1. The van der Waals surface area contributed by atoms with Crippen LogP contribution in [0.1, 0.15) is 0 Å². The largest absolute Gasteiger partial charge is 0.263 e. The van der Waals surface area contributed by atoms with Gasteiger partial charge < -0.3 is 0 Å². The van der Waals surface area contributed by atoms with Crippen molar-refractivity contribution in [2.24, 2.45) is 0 Å². The van der Waals surface area contributed by atoms with Crippen molar-refractivity contribution >= 4 is 69.6 Å². The van der Waals surface area contributed by atoms with E-state index in [-0.39, 0.29) is 41.3 Å². The molecule has 8 heteroatoms. The van der Waals surface area contributed by atoms with E-state index in [0.717, 1.165) is 0 Å². The molecule has 0 spiro atoms. The summed E-state index contributed by atoms with van der Waals surface area (Å²) in [6.07, 6.45) is 2.74. The van der Waals surface area contributed by atoms with E-state index in [1.54, 1.807) is 0 Å². The van der Waals surface area contributed by atoms with Crippen LogP contribution in [0.4, 0.5) is 4.39 Å². The van der Waals surface area contributed by atoms with Gasteiger partial charge in [-0.25, -0.2) is 4.39 Å². The average Bonchev–Trinajstić information content (AvgIpc) is 2.57. The van der Waals surface area contributed by atoms with Crippen molar-refractivity contribution in [2.45, 2.75) is 0 Å². The molecular weight excluding hydrogens is 450 g/mol. The van der Waals surface area contributed by atoms with Gasteiger partial charge in [0.2, 0.25) is 0 Å². The average molecular weight is 456 g/mol. The van der Waals surface area contributed by atoms with Gasteiger partial charge in [-0.2, -0.15) is 0 Å². The number of aromatic nitrogens is 1. The Morgan fingerprint density at radius 1 is 0.600 bits per heavy atom. The summed E-state index contributed by atoms with van der Waals surface area (Å²) in [6, 6.07) is 6.06. The maximum absolute atomic E-state index is 15.1. The number of benzene rings is 2. The zero-order chi connectivity index (χ0) is 18.3. The predicted molar refractivity (Wildman–Crippen MR) is 105 cm³/mol. The fourth-order valence-electron chi connectivity index (χ4n) is 2.27. The zero-order valence-electron chi connectivity index (χ0n) is 12.1. The van der Waals surface area contributed by atoms with Crippen LogP contribution in [0, 0.1) is 5.82 Å². The van der Waals surface area contributed by atoms with Crippen molar-refractivity contribution in [2.75, 3.05) is 0 Å². The predicted octanol–water partition coefficient (Wildman–Crippen LogP) is 8.48. The van der Waals surface area contributed by atoms with Gasteiger partial charge in [0, 0.05) is 23.5 Å². The van der Waals surface area contributed by atoms with Crippen molar-refractivity contribution in [3.8, 4) is 22.3 Å². The molecule has 0 N–H and O–H groups in total. The summed E-state index contributed by atoms with van der Waals surface area (Å²) in [6.45, 7) is 0. The minimum atomic E-state index is -0.529. The molecule has 0 fully saturated rings. The Hall–Kier alpha value is -0.740. The number of hydrogen-bond acceptors (Lipinski definition) is 1. The molecule has 0 atom stereocenters. The lowest BCUT2D eigenvalue weighted by atomic mass is 10.0. The van der Waals surface area contributed by atoms with Gasteiger partial charge in [-0.1, -0.05) is 69.6 Å². The summed E-state index contributed by atoms with van der Waals surface area (Å²) < 4.78 is 15.1. The van der Waals surface area contributed by atoms with Crippen molar-refractivity contribution in [1.29, 1.82) is 0 Å². The van der Waals surface area contributed by atoms with E-state index in [0.29, 0.717) is 11.1 Å². The molecule has 0 aliphatic carbocycles. The molecule has 25 heavy (non-hydrogen) atoms. The summed E-state index contributed by atoms with van der Waals surface area (Å²) >= 11 is 36.0. The van der Waals surface area contributed by atoms with Crippen LogP contribution in [0.15, 0.2) is 36.7 Å². The molecule has 0 aliphatic rings. The molecular formula is C17H6Cl6FN. The Labute approximate surface area is 173 Å². The summed E-state index contributed by atoms with van der Waals surface area (Å²) in [5.74, 6) is -0.529. The molecule has 0 amide bonds. The number of halogens is 7. The Morgan fingerprint density at radius 2 is 0.920 bits per heavy atom. The molecule has 0 saturated carbocycles. The maximum Gasteiger partial charge on any atom is 0.141 e. The van der Waals surface area contributed by atoms with Gasteiger partial charge in [0.15, 0.2) is 0 Å². The number of nitrogens with zero attached hydrogens (tertiary/aromatic N) is 1. The van der Waals surface area contributed by atoms with E-state index >= 15 is 4.39 Å². The molecule has 0 radical (unpaired) electrons. The Balaban J connectivity index is 2.19. The first kappa shape index (κ1) is 19.0. The fraction of sp³-hybridized carbons (Fsp3) is 0. The normalized spacial score (nSPS) is 11.0. The van der Waals surface area contributed by atoms with Crippen LogP contribution in [-0.2, 0) is 0 Å². The van der Waals surface area contributed by atoms with Gasteiger partial charge in [0.05, 0.1) is 30.1 Å². The van der Waals surface area contributed by atoms with Crippen LogP contribution in [0.2, 0.25) is 30.1 Å². The lowest BCUT2D eigenvalue weighted by molar-refractivity contribution is 0.633. The van der Waals surface area contributed by atoms with Crippen molar-refractivity contribution in [3.05, 3.63) is 72.6 Å². The molecule has 3 aromatic rings. The second-order valence-electron chi connectivity index (χ2n) is 5.06. The summed E-state index contributed by atoms with van der Waals surface area (Å²) in [4.78, 5) is 4.08. The van der Waals surface area contributed by atoms with Crippen molar-refractivity contribution in [3.63, 3.8) is 0 Å². The molecule has 0 aliphatic heterocycles. The van der Waals surface area contributed by atoms with Gasteiger partial charge in [-0.05, 0) is 35.4 Å². The molecule has 1 heterocycles. The van der Waals surface area contributed by atoms with Gasteiger partial charge in [0.25, 0.3) is 0 Å². The lowest BCUT2D eigenvalue weighted by Crippen LogP contribution is -1.93. The first-order chi connectivity index (χ1) is 11.8.